The van der Waals surface area contributed by atoms with E-state index >= 15 is 0 Å². The average molecular weight is 300 g/mol. The largest absolute Gasteiger partial charge is 0.452 e. The normalized spacial score (nSPS) is 13.3. The molecule has 21 heavy (non-hydrogen) atoms. The minimum atomic E-state index is -4.50. The van der Waals surface area contributed by atoms with Gasteiger partial charge in [-0.3, -0.25) is 0 Å². The van der Waals surface area contributed by atoms with Crippen LogP contribution in [0.1, 0.15) is 26.5 Å². The molecule has 0 atom stereocenters. The predicted molar refractivity (Wildman–Crippen MR) is 62.1 cm³/mol. The summed E-state index contributed by atoms with van der Waals surface area (Å²) in [5.41, 5.74) is 5.59. The van der Waals surface area contributed by atoms with Gasteiger partial charge in [0, 0.05) is 6.07 Å². The molecular weight excluding hydrogens is 293 g/mol. The van der Waals surface area contributed by atoms with Gasteiger partial charge >= 0.3 is 18.1 Å². The fraction of sp³-hybridized carbons (Fsp3) is 0.0833. The molecule has 0 fully saturated rings. The summed E-state index contributed by atoms with van der Waals surface area (Å²) in [5, 5.41) is 2.87. The van der Waals surface area contributed by atoms with Crippen LogP contribution in [0, 0.1) is 0 Å². The van der Waals surface area contributed by atoms with Gasteiger partial charge in [-0.15, -0.1) is 0 Å². The van der Waals surface area contributed by atoms with Gasteiger partial charge in [0.25, 0.3) is 0 Å². The molecule has 0 bridgehead atoms. The second-order valence-electron chi connectivity index (χ2n) is 3.84. The van der Waals surface area contributed by atoms with E-state index in [1.165, 1.54) is 0 Å². The van der Waals surface area contributed by atoms with Crippen LogP contribution in [0.15, 0.2) is 34.9 Å². The number of esters is 2. The summed E-state index contributed by atoms with van der Waals surface area (Å²) in [5.74, 6) is -2.55. The minimum Gasteiger partial charge on any atom is -0.386 e. The van der Waals surface area contributed by atoms with Crippen LogP contribution >= 0.6 is 0 Å². The second-order valence-corrected chi connectivity index (χ2v) is 3.84. The molecule has 6 nitrogen and oxygen atoms in total. The van der Waals surface area contributed by atoms with Crippen molar-refractivity contribution in [1.29, 1.82) is 0 Å². The van der Waals surface area contributed by atoms with Crippen LogP contribution in [0.4, 0.5) is 19.0 Å². The number of nitrogen functional groups attached to an aromatic ring is 1. The lowest BCUT2D eigenvalue weighted by Crippen LogP contribution is -2.02. The lowest BCUT2D eigenvalue weighted by molar-refractivity contribution is -0.155. The first-order valence-corrected chi connectivity index (χ1v) is 5.44. The molecule has 3 rings (SSSR count). The van der Waals surface area contributed by atoms with Gasteiger partial charge in [0.05, 0.1) is 11.1 Å². The van der Waals surface area contributed by atoms with Crippen molar-refractivity contribution in [1.82, 2.24) is 5.16 Å². The summed E-state index contributed by atoms with van der Waals surface area (Å²) in [4.78, 5) is 21.7. The maximum atomic E-state index is 11.6. The van der Waals surface area contributed by atoms with Crippen LogP contribution in [0.3, 0.4) is 0 Å². The van der Waals surface area contributed by atoms with E-state index in [1.807, 2.05) is 0 Å². The van der Waals surface area contributed by atoms with Crippen LogP contribution in [0.25, 0.3) is 0 Å². The van der Waals surface area contributed by atoms with Crippen LogP contribution < -0.4 is 5.73 Å². The Kier molecular flexibility index (Phi) is 3.66. The second kappa shape index (κ2) is 5.27. The summed E-state index contributed by atoms with van der Waals surface area (Å²) in [7, 11) is 0. The maximum Gasteiger partial charge on any atom is 0.452 e. The van der Waals surface area contributed by atoms with Gasteiger partial charge in [-0.05, 0) is 12.1 Å². The number of benzene rings is 1. The van der Waals surface area contributed by atoms with Gasteiger partial charge in [-0.25, -0.2) is 9.59 Å². The van der Waals surface area contributed by atoms with Crippen molar-refractivity contribution in [3.8, 4) is 0 Å². The topological polar surface area (TPSA) is 95.4 Å². The molecule has 0 amide bonds. The van der Waals surface area contributed by atoms with E-state index in [0.29, 0.717) is 17.2 Å². The summed E-state index contributed by atoms with van der Waals surface area (Å²) in [6.45, 7) is 0. The molecule has 2 heterocycles. The van der Waals surface area contributed by atoms with Crippen LogP contribution in [0.2, 0.25) is 0 Å². The fourth-order valence-corrected chi connectivity index (χ4v) is 1.46. The zero-order chi connectivity index (χ0) is 15.6. The number of nitrogens with two attached hydrogens (primary N) is 1. The lowest BCUT2D eigenvalue weighted by Gasteiger charge is -1.96. The third kappa shape index (κ3) is 3.19. The van der Waals surface area contributed by atoms with Gasteiger partial charge in [0.1, 0.15) is 0 Å². The predicted octanol–water partition coefficient (Wildman–Crippen LogP) is 2.27. The van der Waals surface area contributed by atoms with E-state index in [-0.39, 0.29) is 5.82 Å². The Morgan fingerprint density at radius 3 is 1.90 bits per heavy atom. The van der Waals surface area contributed by atoms with Gasteiger partial charge in [0.2, 0.25) is 5.76 Å². The molecule has 1 aliphatic heterocycles. The number of hydrogen-bond donors (Lipinski definition) is 1. The molecule has 0 spiro atoms. The van der Waals surface area contributed by atoms with E-state index in [0.717, 1.165) is 0 Å². The van der Waals surface area contributed by atoms with Crippen molar-refractivity contribution in [2.45, 2.75) is 6.18 Å². The molecule has 0 aliphatic carbocycles. The SMILES string of the molecule is Nc1cc(C(F)(F)F)on1.O=C1OC(=O)c2ccccc21. The highest BCUT2D eigenvalue weighted by Gasteiger charge is 2.35. The number of aromatic nitrogens is 1. The highest BCUT2D eigenvalue weighted by atomic mass is 19.4. The smallest absolute Gasteiger partial charge is 0.386 e. The Balaban J connectivity index is 0.000000155. The molecule has 2 aromatic rings. The molecule has 1 aromatic heterocycles. The first-order chi connectivity index (χ1) is 9.79. The van der Waals surface area contributed by atoms with Crippen molar-refractivity contribution in [3.05, 3.63) is 47.2 Å². The number of carbonyl (C=O) groups excluding carboxylic acids is 2. The number of nitrogens with zero attached hydrogens (tertiary/aromatic N) is 1. The molecule has 0 saturated carbocycles. The molecule has 0 unspecified atom stereocenters. The number of ether oxygens (including phenoxy) is 1. The number of fused-ring (bicyclic) bond motifs is 1. The zero-order valence-corrected chi connectivity index (χ0v) is 10.2. The summed E-state index contributed by atoms with van der Waals surface area (Å²) in [6, 6.07) is 7.16. The molecule has 1 aromatic carbocycles. The molecule has 0 radical (unpaired) electrons. The monoisotopic (exact) mass is 300 g/mol. The Bertz CT molecular complexity index is 661. The molecule has 9 heteroatoms. The molecule has 2 N–H and O–H groups in total. The number of carbonyl (C=O) groups is 2. The first-order valence-electron chi connectivity index (χ1n) is 5.44. The Morgan fingerprint density at radius 2 is 1.57 bits per heavy atom. The average Bonchev–Trinajstić information content (AvgIpc) is 2.96. The Hall–Kier alpha value is -2.84. The first kappa shape index (κ1) is 14.6. The fourth-order valence-electron chi connectivity index (χ4n) is 1.46. The van der Waals surface area contributed by atoms with Crippen LogP contribution in [-0.2, 0) is 10.9 Å². The van der Waals surface area contributed by atoms with Crippen LogP contribution in [0.5, 0.6) is 0 Å². The highest BCUT2D eigenvalue weighted by molar-refractivity contribution is 6.14. The van der Waals surface area contributed by atoms with Crippen molar-refractivity contribution >= 4 is 17.8 Å². The summed E-state index contributed by atoms with van der Waals surface area (Å²) >= 11 is 0. The molecule has 110 valence electrons. The summed E-state index contributed by atoms with van der Waals surface area (Å²) < 4.78 is 43.0. The number of halogens is 3. The van der Waals surface area contributed by atoms with Crippen molar-refractivity contribution in [3.63, 3.8) is 0 Å². The number of anilines is 1. The van der Waals surface area contributed by atoms with Gasteiger partial charge in [-0.2, -0.15) is 13.2 Å². The van der Waals surface area contributed by atoms with Gasteiger partial charge < -0.3 is 15.0 Å². The standard InChI is InChI=1S/C8H4O3.C4H3F3N2O/c9-7-5-3-1-2-4-6(5)8(10)11-7;5-4(6,7)2-1-3(8)9-10-2/h1-4H;1H,(H2,8,9). The van der Waals surface area contributed by atoms with Crippen molar-refractivity contribution in [2.75, 3.05) is 5.73 Å². The van der Waals surface area contributed by atoms with Crippen molar-refractivity contribution < 1.29 is 32.0 Å². The van der Waals surface area contributed by atoms with Crippen molar-refractivity contribution in [2.24, 2.45) is 0 Å². The van der Waals surface area contributed by atoms with E-state index in [2.05, 4.69) is 14.4 Å². The minimum absolute atomic E-state index is 0.271. The quantitative estimate of drug-likeness (QED) is 0.592. The van der Waals surface area contributed by atoms with E-state index < -0.39 is 23.9 Å². The Morgan fingerprint density at radius 1 is 1.05 bits per heavy atom. The van der Waals surface area contributed by atoms with Gasteiger partial charge in [0.15, 0.2) is 5.82 Å². The molecular formula is C12H7F3N2O4. The van der Waals surface area contributed by atoms with E-state index in [1.54, 1.807) is 24.3 Å². The number of cyclic esters (lactones) is 2. The number of hydrogen-bond acceptors (Lipinski definition) is 6. The Labute approximate surface area is 115 Å². The lowest BCUT2D eigenvalue weighted by atomic mass is 10.1. The third-order valence-electron chi connectivity index (χ3n) is 2.36. The van der Waals surface area contributed by atoms with E-state index in [9.17, 15) is 22.8 Å². The number of alkyl halides is 3. The summed E-state index contributed by atoms with van der Waals surface area (Å²) in [6.07, 6.45) is -4.50. The highest BCUT2D eigenvalue weighted by Crippen LogP contribution is 2.29. The van der Waals surface area contributed by atoms with Gasteiger partial charge in [-0.1, -0.05) is 17.3 Å². The maximum absolute atomic E-state index is 11.6. The van der Waals surface area contributed by atoms with E-state index in [4.69, 9.17) is 5.73 Å². The zero-order valence-electron chi connectivity index (χ0n) is 10.2. The third-order valence-corrected chi connectivity index (χ3v) is 2.36. The van der Waals surface area contributed by atoms with Crippen LogP contribution in [-0.4, -0.2) is 17.1 Å². The molecule has 1 aliphatic rings. The number of rotatable bonds is 0. The molecule has 0 saturated heterocycles.